The summed E-state index contributed by atoms with van der Waals surface area (Å²) in [6.45, 7) is 0. The first kappa shape index (κ1) is 13.9. The summed E-state index contributed by atoms with van der Waals surface area (Å²) >= 11 is 0. The zero-order valence-electron chi connectivity index (χ0n) is 11.9. The number of aromatic nitrogens is 2. The minimum atomic E-state index is -0.989. The zero-order valence-corrected chi connectivity index (χ0v) is 11.9. The predicted molar refractivity (Wildman–Crippen MR) is 85.0 cm³/mol. The Morgan fingerprint density at radius 1 is 1.18 bits per heavy atom. The molecule has 0 fully saturated rings. The number of nitrogens with one attached hydrogen (secondary N) is 1. The number of H-pyrrole nitrogens is 1. The second kappa shape index (κ2) is 5.73. The van der Waals surface area contributed by atoms with Crippen LogP contribution < -0.4 is 4.74 Å². The molecule has 2 aromatic carbocycles. The standard InChI is InChI=1S/C17H14N2O3/c1-22-14-8-3-2-5-11(14)9-10-15-18-13-7-4-6-12(17(20)21)16(13)19-15/h2-10H,1H3,(H,18,19)(H,20,21)/b10-9+. The molecule has 110 valence electrons. The fourth-order valence-electron chi connectivity index (χ4n) is 2.28. The van der Waals surface area contributed by atoms with E-state index in [1.165, 1.54) is 0 Å². The van der Waals surface area contributed by atoms with Crippen molar-refractivity contribution in [2.45, 2.75) is 0 Å². The second-order valence-corrected chi connectivity index (χ2v) is 4.70. The van der Waals surface area contributed by atoms with Crippen molar-refractivity contribution in [2.24, 2.45) is 0 Å². The van der Waals surface area contributed by atoms with Gasteiger partial charge in [-0.3, -0.25) is 0 Å². The molecule has 5 heteroatoms. The number of carboxylic acid groups (broad SMARTS) is 1. The molecule has 22 heavy (non-hydrogen) atoms. The maximum absolute atomic E-state index is 11.2. The summed E-state index contributed by atoms with van der Waals surface area (Å²) in [5.41, 5.74) is 2.25. The first-order chi connectivity index (χ1) is 10.7. The fraction of sp³-hybridized carbons (Fsp3) is 0.0588. The highest BCUT2D eigenvalue weighted by molar-refractivity contribution is 6.01. The van der Waals surface area contributed by atoms with Gasteiger partial charge in [-0.1, -0.05) is 24.3 Å². The van der Waals surface area contributed by atoms with Crippen molar-refractivity contribution in [1.29, 1.82) is 0 Å². The van der Waals surface area contributed by atoms with E-state index in [1.54, 1.807) is 31.4 Å². The van der Waals surface area contributed by atoms with Gasteiger partial charge < -0.3 is 14.8 Å². The number of hydrogen-bond acceptors (Lipinski definition) is 3. The van der Waals surface area contributed by atoms with Gasteiger partial charge in [-0.25, -0.2) is 9.78 Å². The molecule has 0 saturated carbocycles. The quantitative estimate of drug-likeness (QED) is 0.773. The topological polar surface area (TPSA) is 75.2 Å². The number of imidazole rings is 1. The number of carbonyl (C=O) groups is 1. The molecule has 0 spiro atoms. The summed E-state index contributed by atoms with van der Waals surface area (Å²) < 4.78 is 5.28. The van der Waals surface area contributed by atoms with Gasteiger partial charge >= 0.3 is 5.97 Å². The van der Waals surface area contributed by atoms with Crippen molar-refractivity contribution in [3.8, 4) is 5.75 Å². The predicted octanol–water partition coefficient (Wildman–Crippen LogP) is 3.44. The first-order valence-electron chi connectivity index (χ1n) is 6.72. The minimum absolute atomic E-state index is 0.186. The van der Waals surface area contributed by atoms with Crippen LogP contribution in [0.25, 0.3) is 23.2 Å². The average molecular weight is 294 g/mol. The molecule has 0 unspecified atom stereocenters. The highest BCUT2D eigenvalue weighted by atomic mass is 16.5. The normalized spacial score (nSPS) is 11.1. The van der Waals surface area contributed by atoms with E-state index in [9.17, 15) is 9.90 Å². The third-order valence-corrected chi connectivity index (χ3v) is 3.32. The van der Waals surface area contributed by atoms with Crippen LogP contribution in [0.3, 0.4) is 0 Å². The molecule has 2 N–H and O–H groups in total. The van der Waals surface area contributed by atoms with Crippen LogP contribution in [0.4, 0.5) is 0 Å². The SMILES string of the molecule is COc1ccccc1/C=C/c1nc2c(C(=O)O)cccc2[nH]1. The van der Waals surface area contributed by atoms with E-state index in [2.05, 4.69) is 9.97 Å². The van der Waals surface area contributed by atoms with Crippen LogP contribution in [-0.2, 0) is 0 Å². The van der Waals surface area contributed by atoms with Gasteiger partial charge in [-0.15, -0.1) is 0 Å². The van der Waals surface area contributed by atoms with Crippen molar-refractivity contribution >= 4 is 29.2 Å². The number of ether oxygens (including phenoxy) is 1. The lowest BCUT2D eigenvalue weighted by Gasteiger charge is -2.02. The highest BCUT2D eigenvalue weighted by Crippen LogP contribution is 2.21. The van der Waals surface area contributed by atoms with E-state index >= 15 is 0 Å². The number of nitrogens with zero attached hydrogens (tertiary/aromatic N) is 1. The number of aromatic amines is 1. The highest BCUT2D eigenvalue weighted by Gasteiger charge is 2.11. The molecule has 0 amide bonds. The monoisotopic (exact) mass is 294 g/mol. The van der Waals surface area contributed by atoms with Gasteiger partial charge in [-0.05, 0) is 30.4 Å². The van der Waals surface area contributed by atoms with Gasteiger partial charge in [0.05, 0.1) is 18.2 Å². The molecular formula is C17H14N2O3. The number of hydrogen-bond donors (Lipinski definition) is 2. The Labute approximate surface area is 126 Å². The van der Waals surface area contributed by atoms with Gasteiger partial charge in [0.1, 0.15) is 17.1 Å². The molecule has 5 nitrogen and oxygen atoms in total. The van der Waals surface area contributed by atoms with Gasteiger partial charge in [0, 0.05) is 5.56 Å². The number of rotatable bonds is 4. The number of benzene rings is 2. The Hall–Kier alpha value is -3.08. The van der Waals surface area contributed by atoms with Crippen LogP contribution >= 0.6 is 0 Å². The second-order valence-electron chi connectivity index (χ2n) is 4.70. The van der Waals surface area contributed by atoms with E-state index in [0.29, 0.717) is 16.9 Å². The molecule has 0 radical (unpaired) electrons. The summed E-state index contributed by atoms with van der Waals surface area (Å²) in [6.07, 6.45) is 3.67. The third kappa shape index (κ3) is 2.56. The minimum Gasteiger partial charge on any atom is -0.496 e. The van der Waals surface area contributed by atoms with Crippen LogP contribution in [0.1, 0.15) is 21.7 Å². The summed E-state index contributed by atoms with van der Waals surface area (Å²) in [4.78, 5) is 18.6. The summed E-state index contributed by atoms with van der Waals surface area (Å²) in [7, 11) is 1.62. The molecule has 0 aliphatic carbocycles. The number of carboxylic acids is 1. The van der Waals surface area contributed by atoms with E-state index < -0.39 is 5.97 Å². The van der Waals surface area contributed by atoms with Gasteiger partial charge in [0.15, 0.2) is 0 Å². The molecule has 1 aromatic heterocycles. The van der Waals surface area contributed by atoms with Crippen molar-refractivity contribution in [1.82, 2.24) is 9.97 Å². The van der Waals surface area contributed by atoms with Gasteiger partial charge in [0.25, 0.3) is 0 Å². The lowest BCUT2D eigenvalue weighted by molar-refractivity contribution is 0.0699. The smallest absolute Gasteiger partial charge is 0.337 e. The maximum atomic E-state index is 11.2. The molecule has 0 atom stereocenters. The lowest BCUT2D eigenvalue weighted by atomic mass is 10.2. The van der Waals surface area contributed by atoms with Crippen LogP contribution in [-0.4, -0.2) is 28.2 Å². The average Bonchev–Trinajstić information content (AvgIpc) is 2.95. The summed E-state index contributed by atoms with van der Waals surface area (Å²) in [5.74, 6) is 0.369. The van der Waals surface area contributed by atoms with Crippen molar-refractivity contribution < 1.29 is 14.6 Å². The Morgan fingerprint density at radius 2 is 2.00 bits per heavy atom. The number of para-hydroxylation sites is 2. The van der Waals surface area contributed by atoms with E-state index in [0.717, 1.165) is 11.3 Å². The van der Waals surface area contributed by atoms with Crippen LogP contribution in [0.15, 0.2) is 42.5 Å². The first-order valence-corrected chi connectivity index (χ1v) is 6.72. The number of aromatic carboxylic acids is 1. The van der Waals surface area contributed by atoms with Gasteiger partial charge in [0.2, 0.25) is 0 Å². The zero-order chi connectivity index (χ0) is 15.5. The lowest BCUT2D eigenvalue weighted by Crippen LogP contribution is -1.96. The van der Waals surface area contributed by atoms with Crippen LogP contribution in [0.2, 0.25) is 0 Å². The van der Waals surface area contributed by atoms with E-state index in [1.807, 2.05) is 30.3 Å². The van der Waals surface area contributed by atoms with Crippen molar-refractivity contribution in [2.75, 3.05) is 7.11 Å². The summed E-state index contributed by atoms with van der Waals surface area (Å²) in [6, 6.07) is 12.7. The number of methoxy groups -OCH3 is 1. The van der Waals surface area contributed by atoms with Gasteiger partial charge in [-0.2, -0.15) is 0 Å². The van der Waals surface area contributed by atoms with E-state index in [-0.39, 0.29) is 5.56 Å². The molecule has 1 heterocycles. The molecule has 0 aliphatic heterocycles. The fourth-order valence-corrected chi connectivity index (χ4v) is 2.28. The van der Waals surface area contributed by atoms with E-state index in [4.69, 9.17) is 4.74 Å². The largest absolute Gasteiger partial charge is 0.496 e. The molecule has 3 rings (SSSR count). The van der Waals surface area contributed by atoms with Crippen molar-refractivity contribution in [3.63, 3.8) is 0 Å². The molecule has 0 aliphatic rings. The van der Waals surface area contributed by atoms with Crippen LogP contribution in [0.5, 0.6) is 5.75 Å². The Morgan fingerprint density at radius 3 is 2.77 bits per heavy atom. The Bertz CT molecular complexity index is 865. The van der Waals surface area contributed by atoms with Crippen molar-refractivity contribution in [3.05, 3.63) is 59.4 Å². The Kier molecular flexibility index (Phi) is 3.62. The Balaban J connectivity index is 1.99. The molecular weight excluding hydrogens is 280 g/mol. The van der Waals surface area contributed by atoms with Crippen LogP contribution in [0, 0.1) is 0 Å². The molecule has 3 aromatic rings. The third-order valence-electron chi connectivity index (χ3n) is 3.32. The molecule has 0 saturated heterocycles. The number of fused-ring (bicyclic) bond motifs is 1. The maximum Gasteiger partial charge on any atom is 0.337 e. The summed E-state index contributed by atoms with van der Waals surface area (Å²) in [5, 5.41) is 9.18. The molecule has 0 bridgehead atoms.